The summed E-state index contributed by atoms with van der Waals surface area (Å²) < 4.78 is 24.8. The molecule has 0 unspecified atom stereocenters. The average Bonchev–Trinajstić information content (AvgIpc) is 2.98. The summed E-state index contributed by atoms with van der Waals surface area (Å²) >= 11 is 0. The minimum absolute atomic E-state index is 0. The summed E-state index contributed by atoms with van der Waals surface area (Å²) in [4.78, 5) is 4.86. The largest absolute Gasteiger partial charge is 0.382 e. The van der Waals surface area contributed by atoms with Gasteiger partial charge in [-0.25, -0.2) is 8.42 Å². The second-order valence-electron chi connectivity index (χ2n) is 5.65. The number of likely N-dealkylation sites (N-methyl/N-ethyl adjacent to an activating group) is 1. The lowest BCUT2D eigenvalue weighted by atomic mass is 10.1. The fourth-order valence-corrected chi connectivity index (χ4v) is 2.99. The van der Waals surface area contributed by atoms with Crippen LogP contribution in [0.1, 0.15) is 6.99 Å². The molecule has 1 radical (unpaired) electrons. The van der Waals surface area contributed by atoms with Crippen molar-refractivity contribution in [3.63, 3.8) is 0 Å². The second-order valence-corrected chi connectivity index (χ2v) is 7.66. The van der Waals surface area contributed by atoms with Gasteiger partial charge in [0.15, 0.2) is 16.9 Å². The Morgan fingerprint density at radius 2 is 2.08 bits per heavy atom. The summed E-state index contributed by atoms with van der Waals surface area (Å²) in [5.74, 6) is 0.823. The van der Waals surface area contributed by atoms with E-state index in [9.17, 15) is 8.42 Å². The number of hydrogen-bond donors (Lipinski definition) is 2. The van der Waals surface area contributed by atoms with Crippen LogP contribution in [-0.2, 0) is 9.84 Å². The van der Waals surface area contributed by atoms with E-state index >= 15 is 0 Å². The number of nitrogens with zero attached hydrogens (tertiary/aromatic N) is 3. The zero-order chi connectivity index (χ0) is 17.2. The molecule has 8 heteroatoms. The predicted molar refractivity (Wildman–Crippen MR) is 94.1 cm³/mol. The van der Waals surface area contributed by atoms with Crippen molar-refractivity contribution in [2.45, 2.75) is 4.90 Å². The number of hydrogen-bond acceptors (Lipinski definition) is 5. The number of azo groups is 2. The third-order valence-electron chi connectivity index (χ3n) is 3.60. The van der Waals surface area contributed by atoms with Crippen molar-refractivity contribution in [1.82, 2.24) is 10.6 Å². The predicted octanol–water partition coefficient (Wildman–Crippen LogP) is 1.38. The van der Waals surface area contributed by atoms with Crippen LogP contribution in [0.5, 0.6) is 0 Å². The van der Waals surface area contributed by atoms with Crippen LogP contribution in [0, 0.1) is 6.54 Å². The van der Waals surface area contributed by atoms with Gasteiger partial charge < -0.3 is 10.6 Å². The molecule has 1 aromatic rings. The minimum Gasteiger partial charge on any atom is -0.382 e. The highest BCUT2D eigenvalue weighted by molar-refractivity contribution is 7.90. The maximum absolute atomic E-state index is 11.5. The smallest absolute Gasteiger partial charge is 0.270 e. The van der Waals surface area contributed by atoms with Crippen molar-refractivity contribution in [3.05, 3.63) is 54.3 Å². The first-order chi connectivity index (χ1) is 11.4. The average molecular weight is 347 g/mol. The number of nitrogens with one attached hydrogen (secondary N) is 2. The second kappa shape index (κ2) is 6.56. The van der Waals surface area contributed by atoms with E-state index in [1.807, 2.05) is 19.8 Å². The maximum Gasteiger partial charge on any atom is 0.270 e. The fraction of sp³-hybridized carbons (Fsp3) is 0.250. The quantitative estimate of drug-likeness (QED) is 0.806. The molecular formula is C16H21N5O2S+. The molecule has 2 heterocycles. The molecule has 2 aliphatic heterocycles. The molecule has 0 atom stereocenters. The Hall–Kier alpha value is -2.48. The van der Waals surface area contributed by atoms with E-state index in [0.717, 1.165) is 22.7 Å². The van der Waals surface area contributed by atoms with Gasteiger partial charge in [-0.3, -0.25) is 4.99 Å². The molecule has 24 heavy (non-hydrogen) atoms. The molecule has 0 aliphatic carbocycles. The Morgan fingerprint density at radius 3 is 2.71 bits per heavy atom. The van der Waals surface area contributed by atoms with Crippen molar-refractivity contribution in [2.75, 3.05) is 26.4 Å². The van der Waals surface area contributed by atoms with Crippen LogP contribution in [0.2, 0.25) is 0 Å². The first-order valence-corrected chi connectivity index (χ1v) is 9.33. The van der Waals surface area contributed by atoms with Gasteiger partial charge in [0, 0.05) is 13.9 Å². The molecule has 0 amide bonds. The molecule has 2 N–H and O–H groups in total. The van der Waals surface area contributed by atoms with Gasteiger partial charge >= 0.3 is 0 Å². The van der Waals surface area contributed by atoms with Gasteiger partial charge in [-0.2, -0.15) is 0 Å². The van der Waals surface area contributed by atoms with Gasteiger partial charge in [0.1, 0.15) is 12.0 Å². The van der Waals surface area contributed by atoms with Crippen LogP contribution in [0.25, 0.3) is 5.70 Å². The summed E-state index contributed by atoms with van der Waals surface area (Å²) in [7, 11) is -1.31. The minimum atomic E-state index is -3.19. The molecule has 7 nitrogen and oxygen atoms in total. The van der Waals surface area contributed by atoms with E-state index in [2.05, 4.69) is 20.7 Å². The summed E-state index contributed by atoms with van der Waals surface area (Å²) in [6.07, 6.45) is 4.85. The SMILES string of the molecule is C[N+]1=NC=C(CN=C2CNC=C(c3ccc(S(C)(=O)=O)cc3)N2)[CH]1.[HH]. The van der Waals surface area contributed by atoms with Gasteiger partial charge in [0.25, 0.3) is 6.54 Å². The Morgan fingerprint density at radius 1 is 1.33 bits per heavy atom. The summed E-state index contributed by atoms with van der Waals surface area (Å²) in [5.41, 5.74) is 2.79. The molecule has 1 aromatic carbocycles. The number of rotatable bonds is 4. The van der Waals surface area contributed by atoms with Gasteiger partial charge in [0.05, 0.1) is 29.3 Å². The van der Waals surface area contributed by atoms with Gasteiger partial charge in [-0.1, -0.05) is 12.1 Å². The lowest BCUT2D eigenvalue weighted by molar-refractivity contribution is -0.512. The van der Waals surface area contributed by atoms with E-state index in [-0.39, 0.29) is 1.43 Å². The molecular weight excluding hydrogens is 326 g/mol. The number of benzene rings is 1. The van der Waals surface area contributed by atoms with Crippen molar-refractivity contribution < 1.29 is 14.5 Å². The van der Waals surface area contributed by atoms with Crippen LogP contribution in [0.3, 0.4) is 0 Å². The summed E-state index contributed by atoms with van der Waals surface area (Å²) in [6.45, 7) is 3.10. The highest BCUT2D eigenvalue weighted by Crippen LogP contribution is 2.17. The fourth-order valence-electron chi connectivity index (χ4n) is 2.36. The molecule has 2 aliphatic rings. The number of amidine groups is 1. The highest BCUT2D eigenvalue weighted by atomic mass is 32.2. The molecule has 0 aromatic heterocycles. The van der Waals surface area contributed by atoms with E-state index < -0.39 is 9.84 Å². The standard InChI is InChI=1S/C16H19N5O2S.H2/c1-21-11-12(8-19-21)7-18-16-10-17-9-15(20-16)13-3-5-14(6-4-13)24(2,22)23;/h3-6,8-9,11,17H,7,10H2,1-2H3,(H,18,20);1H/q+1;. The Kier molecular flexibility index (Phi) is 4.48. The first kappa shape index (κ1) is 16.4. The molecule has 127 valence electrons. The van der Waals surface area contributed by atoms with Crippen molar-refractivity contribution >= 4 is 21.4 Å². The molecule has 0 saturated heterocycles. The van der Waals surface area contributed by atoms with Crippen molar-refractivity contribution in [1.29, 1.82) is 0 Å². The summed E-state index contributed by atoms with van der Waals surface area (Å²) in [6, 6.07) is 6.77. The van der Waals surface area contributed by atoms with Gasteiger partial charge in [-0.05, 0) is 22.8 Å². The van der Waals surface area contributed by atoms with Crippen LogP contribution in [0.15, 0.2) is 57.2 Å². The Bertz CT molecular complexity index is 870. The molecule has 3 rings (SSSR count). The lowest BCUT2D eigenvalue weighted by Gasteiger charge is -2.19. The third kappa shape index (κ3) is 3.88. The van der Waals surface area contributed by atoms with Crippen LogP contribution in [0.4, 0.5) is 0 Å². The van der Waals surface area contributed by atoms with Crippen LogP contribution >= 0.6 is 0 Å². The lowest BCUT2D eigenvalue weighted by Crippen LogP contribution is -2.36. The molecule has 0 spiro atoms. The van der Waals surface area contributed by atoms with Crippen LogP contribution < -0.4 is 10.6 Å². The number of aliphatic imine (C=N–C) groups is 1. The monoisotopic (exact) mass is 347 g/mol. The zero-order valence-electron chi connectivity index (χ0n) is 13.5. The zero-order valence-corrected chi connectivity index (χ0v) is 14.3. The first-order valence-electron chi connectivity index (χ1n) is 7.44. The van der Waals surface area contributed by atoms with Gasteiger partial charge in [-0.15, -0.1) is 4.70 Å². The van der Waals surface area contributed by atoms with E-state index in [0.29, 0.717) is 18.0 Å². The number of sulfone groups is 1. The van der Waals surface area contributed by atoms with E-state index in [1.165, 1.54) is 6.26 Å². The molecule has 0 fully saturated rings. The molecule has 0 saturated carbocycles. The normalized spacial score (nSPS) is 19.2. The van der Waals surface area contributed by atoms with Crippen molar-refractivity contribution in [2.24, 2.45) is 10.1 Å². The summed E-state index contributed by atoms with van der Waals surface area (Å²) in [5, 5.41) is 10.6. The highest BCUT2D eigenvalue weighted by Gasteiger charge is 2.15. The maximum atomic E-state index is 11.5. The van der Waals surface area contributed by atoms with Crippen molar-refractivity contribution in [3.8, 4) is 0 Å². The van der Waals surface area contributed by atoms with Gasteiger partial charge in [0.2, 0.25) is 0 Å². The van der Waals surface area contributed by atoms with Crippen LogP contribution in [-0.4, -0.2) is 45.3 Å². The Labute approximate surface area is 142 Å². The Balaban J connectivity index is 0.00000225. The topological polar surface area (TPSA) is 85.9 Å². The van der Waals surface area contributed by atoms with E-state index in [4.69, 9.17) is 0 Å². The third-order valence-corrected chi connectivity index (χ3v) is 4.73. The van der Waals surface area contributed by atoms with E-state index in [1.54, 1.807) is 35.2 Å². The molecule has 0 bridgehead atoms.